The number of rotatable bonds is 4. The number of carbonyl (C=O) groups is 2. The first-order valence-electron chi connectivity index (χ1n) is 9.79. The zero-order valence-corrected chi connectivity index (χ0v) is 19.2. The fraction of sp³-hybridized carbons (Fsp3) is 0.478. The van der Waals surface area contributed by atoms with E-state index in [9.17, 15) is 14.7 Å². The van der Waals surface area contributed by atoms with Crippen LogP contribution in [0.1, 0.15) is 64.5 Å². The van der Waals surface area contributed by atoms with Gasteiger partial charge in [-0.15, -0.1) is 0 Å². The van der Waals surface area contributed by atoms with E-state index in [0.717, 1.165) is 0 Å². The molecule has 0 amide bonds. The third kappa shape index (κ3) is 6.75. The third-order valence-corrected chi connectivity index (χ3v) is 3.94. The molecule has 1 aromatic rings. The molecular formula is C23H30O8. The Bertz CT molecular complexity index is 913. The van der Waals surface area contributed by atoms with Gasteiger partial charge in [0.05, 0.1) is 5.56 Å². The maximum atomic E-state index is 12.1. The van der Waals surface area contributed by atoms with Gasteiger partial charge in [-0.05, 0) is 72.2 Å². The Morgan fingerprint density at radius 3 is 2.26 bits per heavy atom. The minimum absolute atomic E-state index is 0.130. The van der Waals surface area contributed by atoms with E-state index in [-0.39, 0.29) is 11.5 Å². The highest BCUT2D eigenvalue weighted by atomic mass is 16.7. The number of aromatic hydroxyl groups is 1. The average Bonchev–Trinajstić information content (AvgIpc) is 2.60. The van der Waals surface area contributed by atoms with Crippen molar-refractivity contribution in [1.29, 1.82) is 0 Å². The van der Waals surface area contributed by atoms with Crippen LogP contribution in [0.15, 0.2) is 24.0 Å². The normalized spacial score (nSPS) is 16.3. The summed E-state index contributed by atoms with van der Waals surface area (Å²) in [6.45, 7) is 12.1. The summed E-state index contributed by atoms with van der Waals surface area (Å²) >= 11 is 0. The van der Waals surface area contributed by atoms with E-state index in [2.05, 4.69) is 0 Å². The second-order valence-corrected chi connectivity index (χ2v) is 9.02. The standard InChI is InChI=1S/C23H30O8/c1-13-16(29-21(26)31-23(5,6)7)12-14-11-15(9-10-17(24)30-22(2,3)4)28-20(27-8)18(14)19(13)25/h9-12,20,25H,1-8H3/b10-9+. The van der Waals surface area contributed by atoms with Crippen molar-refractivity contribution in [3.8, 4) is 11.5 Å². The Labute approximate surface area is 182 Å². The van der Waals surface area contributed by atoms with Crippen molar-refractivity contribution in [1.82, 2.24) is 0 Å². The highest BCUT2D eigenvalue weighted by molar-refractivity contribution is 5.83. The van der Waals surface area contributed by atoms with Crippen LogP contribution in [0, 0.1) is 6.92 Å². The van der Waals surface area contributed by atoms with Gasteiger partial charge in [0.2, 0.25) is 6.29 Å². The monoisotopic (exact) mass is 434 g/mol. The fourth-order valence-electron chi connectivity index (χ4n) is 2.73. The summed E-state index contributed by atoms with van der Waals surface area (Å²) in [5.74, 6) is -0.225. The highest BCUT2D eigenvalue weighted by Crippen LogP contribution is 2.43. The molecule has 8 heteroatoms. The van der Waals surface area contributed by atoms with Crippen LogP contribution in [0.4, 0.5) is 4.79 Å². The van der Waals surface area contributed by atoms with Crippen molar-refractivity contribution < 1.29 is 38.4 Å². The number of fused-ring (bicyclic) bond motifs is 1. The first kappa shape index (κ1) is 24.3. The lowest BCUT2D eigenvalue weighted by molar-refractivity contribution is -0.148. The van der Waals surface area contributed by atoms with Gasteiger partial charge >= 0.3 is 12.1 Å². The lowest BCUT2D eigenvalue weighted by Crippen LogP contribution is -2.26. The van der Waals surface area contributed by atoms with Crippen molar-refractivity contribution in [2.45, 2.75) is 66.0 Å². The van der Waals surface area contributed by atoms with Crippen LogP contribution in [-0.4, -0.2) is 35.5 Å². The molecule has 0 spiro atoms. The lowest BCUT2D eigenvalue weighted by atomic mass is 9.98. The van der Waals surface area contributed by atoms with Crippen LogP contribution in [0.3, 0.4) is 0 Å². The quantitative estimate of drug-likeness (QED) is 0.404. The molecule has 0 radical (unpaired) electrons. The van der Waals surface area contributed by atoms with Gasteiger partial charge in [0.1, 0.15) is 28.5 Å². The SMILES string of the molecule is COC1OC(/C=C/C(=O)OC(C)(C)C)=Cc2cc(OC(=O)OC(C)(C)C)c(C)c(O)c21. The van der Waals surface area contributed by atoms with E-state index >= 15 is 0 Å². The number of phenolic OH excluding ortho intramolecular Hbond substituents is 1. The molecule has 170 valence electrons. The zero-order chi connectivity index (χ0) is 23.6. The van der Waals surface area contributed by atoms with Crippen molar-refractivity contribution >= 4 is 18.2 Å². The van der Waals surface area contributed by atoms with Gasteiger partial charge in [-0.1, -0.05) is 0 Å². The average molecular weight is 434 g/mol. The molecule has 1 aliphatic heterocycles. The van der Waals surface area contributed by atoms with Crippen LogP contribution in [0.5, 0.6) is 11.5 Å². The maximum Gasteiger partial charge on any atom is 0.514 e. The second kappa shape index (κ2) is 9.01. The number of allylic oxidation sites excluding steroid dienone is 1. The van der Waals surface area contributed by atoms with Crippen LogP contribution >= 0.6 is 0 Å². The molecule has 1 unspecified atom stereocenters. The molecule has 1 aliphatic rings. The molecule has 0 saturated heterocycles. The van der Waals surface area contributed by atoms with Crippen molar-refractivity contribution in [3.05, 3.63) is 40.7 Å². The topological polar surface area (TPSA) is 101 Å². The van der Waals surface area contributed by atoms with E-state index < -0.39 is 29.6 Å². The van der Waals surface area contributed by atoms with Gasteiger partial charge in [-0.3, -0.25) is 0 Å². The lowest BCUT2D eigenvalue weighted by Gasteiger charge is -2.27. The number of esters is 1. The molecule has 1 heterocycles. The van der Waals surface area contributed by atoms with E-state index in [1.54, 1.807) is 60.6 Å². The number of phenols is 1. The molecule has 1 atom stereocenters. The molecule has 0 saturated carbocycles. The van der Waals surface area contributed by atoms with Crippen LogP contribution < -0.4 is 4.74 Å². The Hall–Kier alpha value is -3.00. The summed E-state index contributed by atoms with van der Waals surface area (Å²) in [6, 6.07) is 1.57. The number of hydrogen-bond acceptors (Lipinski definition) is 8. The summed E-state index contributed by atoms with van der Waals surface area (Å²) < 4.78 is 26.8. The van der Waals surface area contributed by atoms with Gasteiger partial charge in [-0.25, -0.2) is 9.59 Å². The Balaban J connectivity index is 2.38. The first-order chi connectivity index (χ1) is 14.2. The summed E-state index contributed by atoms with van der Waals surface area (Å²) in [7, 11) is 1.43. The first-order valence-corrected chi connectivity index (χ1v) is 9.79. The smallest absolute Gasteiger partial charge is 0.507 e. The van der Waals surface area contributed by atoms with Gasteiger partial charge in [0.15, 0.2) is 0 Å². The molecule has 0 aromatic heterocycles. The molecule has 31 heavy (non-hydrogen) atoms. The highest BCUT2D eigenvalue weighted by Gasteiger charge is 2.29. The van der Waals surface area contributed by atoms with E-state index in [1.807, 2.05) is 0 Å². The number of benzene rings is 1. The molecule has 2 rings (SSSR count). The fourth-order valence-corrected chi connectivity index (χ4v) is 2.73. The minimum Gasteiger partial charge on any atom is -0.507 e. The Morgan fingerprint density at radius 2 is 1.71 bits per heavy atom. The van der Waals surface area contributed by atoms with Crippen LogP contribution in [0.25, 0.3) is 6.08 Å². The van der Waals surface area contributed by atoms with Gasteiger partial charge in [0.25, 0.3) is 0 Å². The Kier molecular flexibility index (Phi) is 7.06. The largest absolute Gasteiger partial charge is 0.514 e. The van der Waals surface area contributed by atoms with Gasteiger partial charge < -0.3 is 28.8 Å². The number of ether oxygens (including phenoxy) is 5. The Morgan fingerprint density at radius 1 is 1.10 bits per heavy atom. The summed E-state index contributed by atoms with van der Waals surface area (Å²) in [4.78, 5) is 24.0. The minimum atomic E-state index is -0.924. The van der Waals surface area contributed by atoms with Gasteiger partial charge in [0, 0.05) is 18.7 Å². The number of methoxy groups -OCH3 is 1. The predicted molar refractivity (Wildman–Crippen MR) is 114 cm³/mol. The second-order valence-electron chi connectivity index (χ2n) is 9.02. The number of hydrogen-bond donors (Lipinski definition) is 1. The van der Waals surface area contributed by atoms with E-state index in [4.69, 9.17) is 23.7 Å². The maximum absolute atomic E-state index is 12.1. The van der Waals surface area contributed by atoms with Gasteiger partial charge in [-0.2, -0.15) is 0 Å². The molecule has 1 aromatic carbocycles. The molecule has 0 aliphatic carbocycles. The molecule has 8 nitrogen and oxygen atoms in total. The summed E-state index contributed by atoms with van der Waals surface area (Å²) in [5.41, 5.74) is -0.135. The summed E-state index contributed by atoms with van der Waals surface area (Å²) in [6.07, 6.45) is 2.45. The molecular weight excluding hydrogens is 404 g/mol. The van der Waals surface area contributed by atoms with E-state index in [0.29, 0.717) is 22.4 Å². The molecule has 1 N–H and O–H groups in total. The van der Waals surface area contributed by atoms with E-state index in [1.165, 1.54) is 19.3 Å². The molecule has 0 fully saturated rings. The zero-order valence-electron chi connectivity index (χ0n) is 19.2. The molecule has 0 bridgehead atoms. The van der Waals surface area contributed by atoms with Crippen molar-refractivity contribution in [3.63, 3.8) is 0 Å². The van der Waals surface area contributed by atoms with Crippen molar-refractivity contribution in [2.75, 3.05) is 7.11 Å². The predicted octanol–water partition coefficient (Wildman–Crippen LogP) is 4.93. The van der Waals surface area contributed by atoms with Crippen molar-refractivity contribution in [2.24, 2.45) is 0 Å². The summed E-state index contributed by atoms with van der Waals surface area (Å²) in [5, 5.41) is 10.7. The van der Waals surface area contributed by atoms with Crippen LogP contribution in [-0.2, 0) is 23.7 Å². The van der Waals surface area contributed by atoms with Crippen LogP contribution in [0.2, 0.25) is 0 Å². The third-order valence-electron chi connectivity index (χ3n) is 3.94. The number of carbonyl (C=O) groups excluding carboxylic acids is 2.